The Bertz CT molecular complexity index is 723. The molecule has 2 atom stereocenters. The van der Waals surface area contributed by atoms with Gasteiger partial charge in [0.2, 0.25) is 5.91 Å². The lowest BCUT2D eigenvalue weighted by Gasteiger charge is -2.19. The molecule has 1 fully saturated rings. The summed E-state index contributed by atoms with van der Waals surface area (Å²) in [7, 11) is -3.48. The van der Waals surface area contributed by atoms with Crippen LogP contribution in [0.5, 0.6) is 0 Å². The smallest absolute Gasteiger partial charge is 0.326 e. The number of amides is 1. The van der Waals surface area contributed by atoms with Crippen LogP contribution < -0.4 is 5.32 Å². The van der Waals surface area contributed by atoms with Gasteiger partial charge in [-0.25, -0.2) is 13.2 Å². The van der Waals surface area contributed by atoms with Crippen LogP contribution in [-0.2, 0) is 26.0 Å². The van der Waals surface area contributed by atoms with E-state index in [1.165, 1.54) is 10.4 Å². The van der Waals surface area contributed by atoms with E-state index in [0.29, 0.717) is 24.4 Å². The molecule has 1 amide bonds. The molecule has 0 saturated carbocycles. The van der Waals surface area contributed by atoms with Gasteiger partial charge < -0.3 is 10.4 Å². The molecule has 0 radical (unpaired) electrons. The zero-order valence-electron chi connectivity index (χ0n) is 14.4. The lowest BCUT2D eigenvalue weighted by atomic mass is 9.99. The third-order valence-electron chi connectivity index (χ3n) is 4.43. The molecule has 25 heavy (non-hydrogen) atoms. The summed E-state index contributed by atoms with van der Waals surface area (Å²) in [4.78, 5) is 24.0. The second-order valence-electron chi connectivity index (χ2n) is 6.28. The molecule has 2 N–H and O–H groups in total. The molecule has 0 spiro atoms. The molecule has 0 bridgehead atoms. The summed E-state index contributed by atoms with van der Waals surface area (Å²) in [5, 5.41) is 11.8. The van der Waals surface area contributed by atoms with Gasteiger partial charge in [-0.05, 0) is 30.9 Å². The van der Waals surface area contributed by atoms with Crippen LogP contribution in [0.15, 0.2) is 16.3 Å². The molecule has 9 heteroatoms. The van der Waals surface area contributed by atoms with Gasteiger partial charge in [0.15, 0.2) is 0 Å². The minimum Gasteiger partial charge on any atom is -0.480 e. The van der Waals surface area contributed by atoms with Crippen LogP contribution in [0.3, 0.4) is 0 Å². The van der Waals surface area contributed by atoms with Gasteiger partial charge >= 0.3 is 5.97 Å². The largest absolute Gasteiger partial charge is 0.480 e. The van der Waals surface area contributed by atoms with Crippen molar-refractivity contribution in [3.05, 3.63) is 17.0 Å². The van der Waals surface area contributed by atoms with E-state index in [2.05, 4.69) is 5.32 Å². The standard InChI is InChI=1S/C16H24N2O5S2/c1-3-11(2)15(16(20)21)17-13(19)10-12-6-7-14(24-12)25(22,23)18-8-4-5-9-18/h6-7,11,15H,3-5,8-10H2,1-2H3,(H,17,19)(H,20,21). The van der Waals surface area contributed by atoms with Crippen molar-refractivity contribution in [2.24, 2.45) is 5.92 Å². The first-order chi connectivity index (χ1) is 11.8. The van der Waals surface area contributed by atoms with Crippen LogP contribution in [0.4, 0.5) is 0 Å². The van der Waals surface area contributed by atoms with E-state index >= 15 is 0 Å². The lowest BCUT2D eigenvalue weighted by molar-refractivity contribution is -0.143. The highest BCUT2D eigenvalue weighted by Crippen LogP contribution is 2.27. The predicted octanol–water partition coefficient (Wildman–Crippen LogP) is 1.69. The third-order valence-corrected chi connectivity index (χ3v) is 7.88. The number of aliphatic carboxylic acids is 1. The zero-order valence-corrected chi connectivity index (χ0v) is 16.0. The molecule has 1 aromatic rings. The van der Waals surface area contributed by atoms with Gasteiger partial charge in [-0.3, -0.25) is 4.79 Å². The number of carbonyl (C=O) groups is 2. The molecule has 0 aliphatic carbocycles. The van der Waals surface area contributed by atoms with Crippen LogP contribution in [-0.4, -0.2) is 48.8 Å². The van der Waals surface area contributed by atoms with Gasteiger partial charge in [0, 0.05) is 18.0 Å². The quantitative estimate of drug-likeness (QED) is 0.705. The highest BCUT2D eigenvalue weighted by atomic mass is 32.2. The maximum atomic E-state index is 12.5. The van der Waals surface area contributed by atoms with Gasteiger partial charge in [0.25, 0.3) is 10.0 Å². The predicted molar refractivity (Wildman–Crippen MR) is 95.0 cm³/mol. The number of nitrogens with one attached hydrogen (secondary N) is 1. The van der Waals surface area contributed by atoms with Gasteiger partial charge in [-0.15, -0.1) is 11.3 Å². The van der Waals surface area contributed by atoms with Gasteiger partial charge in [-0.2, -0.15) is 4.31 Å². The molecule has 1 aliphatic rings. The Balaban J connectivity index is 2.03. The number of carbonyl (C=O) groups excluding carboxylic acids is 1. The van der Waals surface area contributed by atoms with E-state index in [1.54, 1.807) is 13.0 Å². The van der Waals surface area contributed by atoms with Crippen molar-refractivity contribution < 1.29 is 23.1 Å². The fourth-order valence-corrected chi connectivity index (χ4v) is 5.74. The topological polar surface area (TPSA) is 104 Å². The van der Waals surface area contributed by atoms with Crippen molar-refractivity contribution in [1.82, 2.24) is 9.62 Å². The Kier molecular flexibility index (Phi) is 6.59. The van der Waals surface area contributed by atoms with Crippen molar-refractivity contribution in [2.45, 2.75) is 49.8 Å². The summed E-state index contributed by atoms with van der Waals surface area (Å²) in [6, 6.07) is 2.20. The highest BCUT2D eigenvalue weighted by Gasteiger charge is 2.29. The first-order valence-corrected chi connectivity index (χ1v) is 10.6. The molecule has 2 rings (SSSR count). The van der Waals surface area contributed by atoms with Crippen molar-refractivity contribution in [2.75, 3.05) is 13.1 Å². The van der Waals surface area contributed by atoms with E-state index in [0.717, 1.165) is 24.2 Å². The van der Waals surface area contributed by atoms with Gasteiger partial charge in [0.05, 0.1) is 6.42 Å². The molecule has 2 unspecified atom stereocenters. The molecule has 140 valence electrons. The normalized spacial score (nSPS) is 18.0. The Morgan fingerprint density at radius 1 is 1.32 bits per heavy atom. The lowest BCUT2D eigenvalue weighted by Crippen LogP contribution is -2.45. The number of hydrogen-bond acceptors (Lipinski definition) is 5. The van der Waals surface area contributed by atoms with Gasteiger partial charge in [0.1, 0.15) is 10.3 Å². The molecule has 0 aromatic carbocycles. The second kappa shape index (κ2) is 8.29. The Labute approximate surface area is 152 Å². The monoisotopic (exact) mass is 388 g/mol. The van der Waals surface area contributed by atoms with E-state index in [-0.39, 0.29) is 16.5 Å². The van der Waals surface area contributed by atoms with E-state index < -0.39 is 27.9 Å². The minimum absolute atomic E-state index is 0.0274. The molecule has 7 nitrogen and oxygen atoms in total. The number of sulfonamides is 1. The summed E-state index contributed by atoms with van der Waals surface area (Å²) in [5.41, 5.74) is 0. The maximum Gasteiger partial charge on any atom is 0.326 e. The molecular weight excluding hydrogens is 364 g/mol. The second-order valence-corrected chi connectivity index (χ2v) is 9.61. The molecule has 1 aliphatic heterocycles. The van der Waals surface area contributed by atoms with E-state index in [9.17, 15) is 23.1 Å². The fraction of sp³-hybridized carbons (Fsp3) is 0.625. The van der Waals surface area contributed by atoms with Crippen molar-refractivity contribution in [3.63, 3.8) is 0 Å². The molecular formula is C16H24N2O5S2. The Hall–Kier alpha value is -1.45. The number of carboxylic acid groups (broad SMARTS) is 1. The fourth-order valence-electron chi connectivity index (χ4n) is 2.71. The highest BCUT2D eigenvalue weighted by molar-refractivity contribution is 7.91. The Morgan fingerprint density at radius 2 is 1.96 bits per heavy atom. The zero-order chi connectivity index (χ0) is 18.6. The molecule has 1 saturated heterocycles. The first kappa shape index (κ1) is 19.9. The average molecular weight is 389 g/mol. The van der Waals surface area contributed by atoms with E-state index in [1.807, 2.05) is 6.92 Å². The van der Waals surface area contributed by atoms with Crippen molar-refractivity contribution in [3.8, 4) is 0 Å². The van der Waals surface area contributed by atoms with Crippen LogP contribution in [0.2, 0.25) is 0 Å². The van der Waals surface area contributed by atoms with Crippen LogP contribution in [0.25, 0.3) is 0 Å². The van der Waals surface area contributed by atoms with Crippen molar-refractivity contribution >= 4 is 33.2 Å². The average Bonchev–Trinajstić information content (AvgIpc) is 3.23. The number of nitrogens with zero attached hydrogens (tertiary/aromatic N) is 1. The molecule has 1 aromatic heterocycles. The molecule has 2 heterocycles. The summed E-state index contributed by atoms with van der Waals surface area (Å²) < 4.78 is 26.7. The van der Waals surface area contributed by atoms with E-state index in [4.69, 9.17) is 0 Å². The van der Waals surface area contributed by atoms with Crippen LogP contribution >= 0.6 is 11.3 Å². The van der Waals surface area contributed by atoms with Gasteiger partial charge in [-0.1, -0.05) is 20.3 Å². The maximum absolute atomic E-state index is 12.5. The minimum atomic E-state index is -3.48. The number of carboxylic acids is 1. The SMILES string of the molecule is CCC(C)C(NC(=O)Cc1ccc(S(=O)(=O)N2CCCC2)s1)C(=O)O. The summed E-state index contributed by atoms with van der Waals surface area (Å²) in [5.74, 6) is -1.67. The number of hydrogen-bond donors (Lipinski definition) is 2. The Morgan fingerprint density at radius 3 is 2.52 bits per heavy atom. The third kappa shape index (κ3) is 4.80. The number of rotatable bonds is 8. The first-order valence-electron chi connectivity index (χ1n) is 8.36. The van der Waals surface area contributed by atoms with Crippen LogP contribution in [0, 0.1) is 5.92 Å². The summed E-state index contributed by atoms with van der Waals surface area (Å²) in [6.45, 7) is 4.70. The summed E-state index contributed by atoms with van der Waals surface area (Å²) >= 11 is 1.07. The number of thiophene rings is 1. The van der Waals surface area contributed by atoms with Crippen molar-refractivity contribution in [1.29, 1.82) is 0 Å². The summed E-state index contributed by atoms with van der Waals surface area (Å²) in [6.07, 6.45) is 2.34. The van der Waals surface area contributed by atoms with Crippen LogP contribution in [0.1, 0.15) is 38.0 Å².